The Morgan fingerprint density at radius 1 is 1.19 bits per heavy atom. The molecule has 0 saturated heterocycles. The van der Waals surface area contributed by atoms with E-state index in [2.05, 4.69) is 10.1 Å². The van der Waals surface area contributed by atoms with Gasteiger partial charge in [0, 0.05) is 12.1 Å². The first-order chi connectivity index (χ1) is 10.2. The minimum absolute atomic E-state index is 0.182. The van der Waals surface area contributed by atoms with Crippen LogP contribution in [0.2, 0.25) is 0 Å². The van der Waals surface area contributed by atoms with Gasteiger partial charge < -0.3 is 15.4 Å². The minimum atomic E-state index is -0.182. The first-order valence-corrected chi connectivity index (χ1v) is 7.57. The maximum absolute atomic E-state index is 9.56. The number of nitrogens with zero attached hydrogens (tertiary/aromatic N) is 2. The lowest BCUT2D eigenvalue weighted by atomic mass is 9.80. The summed E-state index contributed by atoms with van der Waals surface area (Å²) in [5, 5.41) is 13.6. The van der Waals surface area contributed by atoms with Crippen LogP contribution in [0.5, 0.6) is 5.75 Å². The largest absolute Gasteiger partial charge is 0.508 e. The van der Waals surface area contributed by atoms with Gasteiger partial charge in [-0.2, -0.15) is 4.98 Å². The predicted molar refractivity (Wildman–Crippen MR) is 79.8 cm³/mol. The molecule has 0 aliphatic heterocycles. The summed E-state index contributed by atoms with van der Waals surface area (Å²) in [4.78, 5) is 4.56. The molecule has 1 fully saturated rings. The zero-order chi connectivity index (χ0) is 14.7. The first-order valence-electron chi connectivity index (χ1n) is 7.57. The molecule has 0 bridgehead atoms. The molecule has 0 radical (unpaired) electrons. The van der Waals surface area contributed by atoms with Gasteiger partial charge in [-0.1, -0.05) is 43.0 Å². The van der Waals surface area contributed by atoms with Crippen molar-refractivity contribution in [3.8, 4) is 17.1 Å². The summed E-state index contributed by atoms with van der Waals surface area (Å²) in [7, 11) is 0. The smallest absolute Gasteiger partial charge is 0.234 e. The van der Waals surface area contributed by atoms with Gasteiger partial charge in [0.2, 0.25) is 11.7 Å². The van der Waals surface area contributed by atoms with Crippen molar-refractivity contribution in [2.75, 3.05) is 6.54 Å². The fourth-order valence-corrected chi connectivity index (χ4v) is 3.11. The van der Waals surface area contributed by atoms with Gasteiger partial charge in [0.25, 0.3) is 0 Å². The van der Waals surface area contributed by atoms with Crippen LogP contribution in [0.15, 0.2) is 28.8 Å². The fourth-order valence-electron chi connectivity index (χ4n) is 3.11. The molecule has 1 aromatic heterocycles. The zero-order valence-electron chi connectivity index (χ0n) is 12.1. The van der Waals surface area contributed by atoms with E-state index in [-0.39, 0.29) is 11.2 Å². The lowest BCUT2D eigenvalue weighted by Crippen LogP contribution is -2.35. The van der Waals surface area contributed by atoms with Crippen molar-refractivity contribution in [3.05, 3.63) is 30.2 Å². The van der Waals surface area contributed by atoms with E-state index in [1.807, 2.05) is 6.07 Å². The third kappa shape index (κ3) is 2.78. The first kappa shape index (κ1) is 14.1. The number of phenolic OH excluding ortho intramolecular Hbond substituents is 1. The molecule has 0 unspecified atom stereocenters. The van der Waals surface area contributed by atoms with Crippen molar-refractivity contribution < 1.29 is 9.63 Å². The van der Waals surface area contributed by atoms with Gasteiger partial charge >= 0.3 is 0 Å². The summed E-state index contributed by atoms with van der Waals surface area (Å²) >= 11 is 0. The Morgan fingerprint density at radius 3 is 2.62 bits per heavy atom. The molecule has 1 aliphatic rings. The summed E-state index contributed by atoms with van der Waals surface area (Å²) in [5.74, 6) is 1.35. The molecule has 2 aromatic rings. The third-order valence-corrected chi connectivity index (χ3v) is 4.44. The van der Waals surface area contributed by atoms with Crippen LogP contribution < -0.4 is 5.73 Å². The highest BCUT2D eigenvalue weighted by atomic mass is 16.5. The average Bonchev–Trinajstić information content (AvgIpc) is 2.87. The molecule has 21 heavy (non-hydrogen) atoms. The molecule has 3 rings (SSSR count). The number of aromatic nitrogens is 2. The van der Waals surface area contributed by atoms with Crippen molar-refractivity contribution in [2.24, 2.45) is 5.73 Å². The second kappa shape index (κ2) is 5.85. The molecule has 5 nitrogen and oxygen atoms in total. The van der Waals surface area contributed by atoms with Crippen LogP contribution in [-0.2, 0) is 5.41 Å². The van der Waals surface area contributed by atoms with E-state index in [1.54, 1.807) is 18.2 Å². The average molecular weight is 287 g/mol. The number of hydrogen-bond donors (Lipinski definition) is 2. The van der Waals surface area contributed by atoms with Crippen LogP contribution in [-0.4, -0.2) is 21.8 Å². The maximum atomic E-state index is 9.56. The molecular weight excluding hydrogens is 266 g/mol. The van der Waals surface area contributed by atoms with Gasteiger partial charge in [0.15, 0.2) is 0 Å². The normalized spacial score (nSPS) is 18.3. The number of phenols is 1. The van der Waals surface area contributed by atoms with Crippen molar-refractivity contribution in [3.63, 3.8) is 0 Å². The SMILES string of the molecule is NCC1(c2nc(-c3cccc(O)c3)no2)CCCCCC1. The summed E-state index contributed by atoms with van der Waals surface area (Å²) in [6.07, 6.45) is 6.81. The van der Waals surface area contributed by atoms with Gasteiger partial charge in [0.05, 0.1) is 5.41 Å². The number of benzene rings is 1. The van der Waals surface area contributed by atoms with E-state index >= 15 is 0 Å². The van der Waals surface area contributed by atoms with Gasteiger partial charge in [-0.15, -0.1) is 0 Å². The lowest BCUT2D eigenvalue weighted by Gasteiger charge is -2.26. The summed E-state index contributed by atoms with van der Waals surface area (Å²) in [6.45, 7) is 0.536. The Balaban J connectivity index is 1.92. The van der Waals surface area contributed by atoms with E-state index in [0.717, 1.165) is 31.2 Å². The third-order valence-electron chi connectivity index (χ3n) is 4.44. The van der Waals surface area contributed by atoms with Gasteiger partial charge in [-0.25, -0.2) is 0 Å². The summed E-state index contributed by atoms with van der Waals surface area (Å²) in [6, 6.07) is 6.88. The molecule has 0 spiro atoms. The van der Waals surface area contributed by atoms with Gasteiger partial charge in [-0.3, -0.25) is 0 Å². The number of aromatic hydroxyl groups is 1. The number of hydrogen-bond acceptors (Lipinski definition) is 5. The molecule has 1 heterocycles. The monoisotopic (exact) mass is 287 g/mol. The van der Waals surface area contributed by atoms with Crippen LogP contribution >= 0.6 is 0 Å². The molecule has 1 aliphatic carbocycles. The Bertz CT molecular complexity index is 601. The van der Waals surface area contributed by atoms with Crippen LogP contribution in [0.3, 0.4) is 0 Å². The standard InChI is InChI=1S/C16H21N3O2/c17-11-16(8-3-1-2-4-9-16)15-18-14(19-21-15)12-6-5-7-13(20)10-12/h5-7,10,20H,1-4,8-9,11,17H2. The number of rotatable bonds is 3. The highest BCUT2D eigenvalue weighted by molar-refractivity contribution is 5.56. The zero-order valence-corrected chi connectivity index (χ0v) is 12.1. The van der Waals surface area contributed by atoms with Gasteiger partial charge in [-0.05, 0) is 25.0 Å². The highest BCUT2D eigenvalue weighted by Gasteiger charge is 2.37. The van der Waals surface area contributed by atoms with Crippen LogP contribution in [0, 0.1) is 0 Å². The van der Waals surface area contributed by atoms with Crippen molar-refractivity contribution >= 4 is 0 Å². The predicted octanol–water partition coefficient (Wildman–Crippen LogP) is 2.99. The van der Waals surface area contributed by atoms with Crippen molar-refractivity contribution in [2.45, 2.75) is 43.9 Å². The van der Waals surface area contributed by atoms with E-state index in [9.17, 15) is 5.11 Å². The molecule has 5 heteroatoms. The van der Waals surface area contributed by atoms with Crippen molar-refractivity contribution in [1.82, 2.24) is 10.1 Å². The molecular formula is C16H21N3O2. The molecule has 112 valence electrons. The molecule has 3 N–H and O–H groups in total. The van der Waals surface area contributed by atoms with Crippen LogP contribution in [0.1, 0.15) is 44.4 Å². The fraction of sp³-hybridized carbons (Fsp3) is 0.500. The Labute approximate surface area is 124 Å². The molecule has 1 aromatic carbocycles. The summed E-state index contributed by atoms with van der Waals surface area (Å²) < 4.78 is 5.53. The molecule has 1 saturated carbocycles. The minimum Gasteiger partial charge on any atom is -0.508 e. The highest BCUT2D eigenvalue weighted by Crippen LogP contribution is 2.37. The van der Waals surface area contributed by atoms with Crippen molar-refractivity contribution in [1.29, 1.82) is 0 Å². The Hall–Kier alpha value is -1.88. The van der Waals surface area contributed by atoms with E-state index in [4.69, 9.17) is 10.3 Å². The number of nitrogens with two attached hydrogens (primary N) is 1. The topological polar surface area (TPSA) is 85.2 Å². The molecule has 0 amide bonds. The second-order valence-corrected chi connectivity index (χ2v) is 5.87. The second-order valence-electron chi connectivity index (χ2n) is 5.87. The van der Waals surface area contributed by atoms with E-state index in [1.165, 1.54) is 12.8 Å². The summed E-state index contributed by atoms with van der Waals surface area (Å²) in [5.41, 5.74) is 6.62. The maximum Gasteiger partial charge on any atom is 0.234 e. The van der Waals surface area contributed by atoms with Crippen LogP contribution in [0.25, 0.3) is 11.4 Å². The van der Waals surface area contributed by atoms with E-state index in [0.29, 0.717) is 18.3 Å². The Morgan fingerprint density at radius 2 is 1.95 bits per heavy atom. The van der Waals surface area contributed by atoms with E-state index < -0.39 is 0 Å². The molecule has 0 atom stereocenters. The van der Waals surface area contributed by atoms with Crippen LogP contribution in [0.4, 0.5) is 0 Å². The Kier molecular flexibility index (Phi) is 3.92. The lowest BCUT2D eigenvalue weighted by molar-refractivity contribution is 0.257. The quantitative estimate of drug-likeness (QED) is 0.848. The van der Waals surface area contributed by atoms with Gasteiger partial charge in [0.1, 0.15) is 5.75 Å².